The van der Waals surface area contributed by atoms with E-state index < -0.39 is 30.1 Å². The van der Waals surface area contributed by atoms with Gasteiger partial charge in [0, 0.05) is 6.54 Å². The summed E-state index contributed by atoms with van der Waals surface area (Å²) in [6.45, 7) is 17.0. The minimum Gasteiger partial charge on any atom is -0.468 e. The number of benzene rings is 1. The summed E-state index contributed by atoms with van der Waals surface area (Å²) in [5, 5.41) is 3.08. The first-order valence-electron chi connectivity index (χ1n) is 13.0. The van der Waals surface area contributed by atoms with Crippen molar-refractivity contribution in [2.75, 3.05) is 13.7 Å². The zero-order valence-corrected chi connectivity index (χ0v) is 24.6. The minimum absolute atomic E-state index is 0.0989. The Labute approximate surface area is 226 Å². The molecule has 1 aromatic rings. The van der Waals surface area contributed by atoms with Gasteiger partial charge in [-0.1, -0.05) is 61.5 Å². The summed E-state index contributed by atoms with van der Waals surface area (Å²) in [4.78, 5) is 49.4. The molecule has 1 rings (SSSR count). The van der Waals surface area contributed by atoms with E-state index >= 15 is 0 Å². The van der Waals surface area contributed by atoms with Gasteiger partial charge < -0.3 is 24.3 Å². The Kier molecular flexibility index (Phi) is 12.4. The Morgan fingerprint density at radius 2 is 1.34 bits per heavy atom. The van der Waals surface area contributed by atoms with Gasteiger partial charge in [-0.15, -0.1) is 0 Å². The van der Waals surface area contributed by atoms with Gasteiger partial charge in [0.25, 0.3) is 0 Å². The van der Waals surface area contributed by atoms with Crippen molar-refractivity contribution < 1.29 is 38.1 Å². The second-order valence-electron chi connectivity index (χ2n) is 12.3. The molecule has 214 valence electrons. The lowest BCUT2D eigenvalue weighted by Crippen LogP contribution is -2.43. The smallest absolute Gasteiger partial charge is 0.323 e. The van der Waals surface area contributed by atoms with Gasteiger partial charge in [0.05, 0.1) is 25.9 Å². The van der Waals surface area contributed by atoms with E-state index in [1.165, 1.54) is 7.11 Å². The minimum atomic E-state index is -0.757. The van der Waals surface area contributed by atoms with Crippen molar-refractivity contribution in [1.29, 1.82) is 0 Å². The lowest BCUT2D eigenvalue weighted by Gasteiger charge is -2.21. The number of esters is 4. The van der Waals surface area contributed by atoms with Gasteiger partial charge in [0.2, 0.25) is 0 Å². The first-order valence-corrected chi connectivity index (χ1v) is 13.0. The van der Waals surface area contributed by atoms with Crippen LogP contribution in [0.3, 0.4) is 0 Å². The molecule has 0 fully saturated rings. The summed E-state index contributed by atoms with van der Waals surface area (Å²) in [5.41, 5.74) is 0.0713. The third-order valence-corrected chi connectivity index (χ3v) is 5.17. The van der Waals surface area contributed by atoms with Crippen LogP contribution in [0, 0.1) is 16.7 Å². The van der Waals surface area contributed by atoms with E-state index in [0.717, 1.165) is 0 Å². The second-order valence-corrected chi connectivity index (χ2v) is 12.3. The first kappa shape index (κ1) is 33.1. The Morgan fingerprint density at radius 1 is 0.816 bits per heavy atom. The van der Waals surface area contributed by atoms with Crippen molar-refractivity contribution in [1.82, 2.24) is 5.32 Å². The van der Waals surface area contributed by atoms with E-state index in [2.05, 4.69) is 5.32 Å². The van der Waals surface area contributed by atoms with Gasteiger partial charge in [-0.2, -0.15) is 0 Å². The van der Waals surface area contributed by atoms with Crippen LogP contribution in [-0.4, -0.2) is 49.7 Å². The lowest BCUT2D eigenvalue weighted by atomic mass is 9.92. The van der Waals surface area contributed by atoms with Crippen molar-refractivity contribution in [3.63, 3.8) is 0 Å². The number of rotatable bonds is 12. The third kappa shape index (κ3) is 13.0. The molecule has 1 unspecified atom stereocenters. The van der Waals surface area contributed by atoms with Crippen molar-refractivity contribution in [3.05, 3.63) is 23.8 Å². The van der Waals surface area contributed by atoms with Crippen LogP contribution in [0.1, 0.15) is 80.7 Å². The van der Waals surface area contributed by atoms with Gasteiger partial charge in [-0.3, -0.25) is 19.2 Å². The fourth-order valence-electron chi connectivity index (χ4n) is 3.33. The summed E-state index contributed by atoms with van der Waals surface area (Å²) in [5.74, 6) is -1.77. The third-order valence-electron chi connectivity index (χ3n) is 5.17. The molecule has 0 saturated heterocycles. The van der Waals surface area contributed by atoms with Gasteiger partial charge in [0.1, 0.15) is 12.1 Å². The van der Waals surface area contributed by atoms with Crippen LogP contribution in [0.25, 0.3) is 0 Å². The van der Waals surface area contributed by atoms with Crippen LogP contribution in [0.2, 0.25) is 0 Å². The summed E-state index contributed by atoms with van der Waals surface area (Å²) >= 11 is 0. The molecular formula is C29H45NO8. The normalized spacial score (nSPS) is 13.4. The molecule has 0 bridgehead atoms. The van der Waals surface area contributed by atoms with Crippen LogP contribution < -0.4 is 14.8 Å². The molecule has 0 amide bonds. The van der Waals surface area contributed by atoms with E-state index in [4.69, 9.17) is 18.9 Å². The number of carbonyl (C=O) groups excluding carboxylic acids is 4. The highest BCUT2D eigenvalue weighted by atomic mass is 16.6. The maximum absolute atomic E-state index is 12.6. The molecule has 9 nitrogen and oxygen atoms in total. The maximum Gasteiger partial charge on any atom is 0.323 e. The number of hydrogen-bond donors (Lipinski definition) is 1. The van der Waals surface area contributed by atoms with Gasteiger partial charge >= 0.3 is 23.9 Å². The van der Waals surface area contributed by atoms with E-state index in [9.17, 15) is 19.2 Å². The Balaban J connectivity index is 3.15. The van der Waals surface area contributed by atoms with E-state index in [0.29, 0.717) is 5.56 Å². The highest BCUT2D eigenvalue weighted by Gasteiger charge is 2.25. The standard InChI is InChI=1S/C29H45NO8/c1-18(2)26(33)36-19(3)17-30-21(27(34)35-10)13-20-11-12-22(37-24(31)15-28(4,5)6)23(14-20)38-25(32)16-29(7,8)9/h11-12,14,18-19,21,30H,13,15-17H2,1-10H3/t19?,21-/m0/s1. The molecule has 0 aromatic heterocycles. The summed E-state index contributed by atoms with van der Waals surface area (Å²) in [6, 6.07) is 4.07. The predicted octanol–water partition coefficient (Wildman–Crippen LogP) is 4.63. The van der Waals surface area contributed by atoms with Crippen LogP contribution >= 0.6 is 0 Å². The highest BCUT2D eigenvalue weighted by Crippen LogP contribution is 2.32. The molecule has 0 radical (unpaired) electrons. The topological polar surface area (TPSA) is 117 Å². The maximum atomic E-state index is 12.6. The summed E-state index contributed by atoms with van der Waals surface area (Å²) in [7, 11) is 1.29. The van der Waals surface area contributed by atoms with E-state index in [1.54, 1.807) is 39.0 Å². The largest absolute Gasteiger partial charge is 0.468 e. The van der Waals surface area contributed by atoms with Crippen molar-refractivity contribution >= 4 is 23.9 Å². The highest BCUT2D eigenvalue weighted by molar-refractivity contribution is 5.78. The fraction of sp³-hybridized carbons (Fsp3) is 0.655. The Morgan fingerprint density at radius 3 is 1.82 bits per heavy atom. The van der Waals surface area contributed by atoms with Gasteiger partial charge in [-0.05, 0) is 41.9 Å². The SMILES string of the molecule is COC(=O)[C@H](Cc1ccc(OC(=O)CC(C)(C)C)c(OC(=O)CC(C)(C)C)c1)NCC(C)OC(=O)C(C)C. The predicted molar refractivity (Wildman–Crippen MR) is 144 cm³/mol. The summed E-state index contributed by atoms with van der Waals surface area (Å²) in [6.07, 6.45) is 0.0669. The molecule has 0 aliphatic heterocycles. The molecule has 2 atom stereocenters. The van der Waals surface area contributed by atoms with Crippen molar-refractivity contribution in [2.45, 2.75) is 93.7 Å². The lowest BCUT2D eigenvalue weighted by molar-refractivity contribution is -0.152. The Hall–Kier alpha value is -2.94. The van der Waals surface area contributed by atoms with Crippen molar-refractivity contribution in [3.8, 4) is 11.5 Å². The molecule has 0 spiro atoms. The second kappa shape index (κ2) is 14.3. The molecule has 1 N–H and O–H groups in total. The van der Waals surface area contributed by atoms with Crippen LogP contribution in [0.5, 0.6) is 11.5 Å². The number of ether oxygens (including phenoxy) is 4. The average molecular weight is 536 g/mol. The molecule has 38 heavy (non-hydrogen) atoms. The summed E-state index contributed by atoms with van der Waals surface area (Å²) < 4.78 is 21.5. The zero-order valence-electron chi connectivity index (χ0n) is 24.6. The fourth-order valence-corrected chi connectivity index (χ4v) is 3.33. The average Bonchev–Trinajstić information content (AvgIpc) is 2.74. The molecule has 0 aliphatic carbocycles. The number of hydrogen-bond acceptors (Lipinski definition) is 9. The monoisotopic (exact) mass is 535 g/mol. The van der Waals surface area contributed by atoms with Gasteiger partial charge in [-0.25, -0.2) is 0 Å². The molecule has 1 aromatic carbocycles. The number of nitrogens with one attached hydrogen (secondary N) is 1. The zero-order chi connectivity index (χ0) is 29.3. The Bertz CT molecular complexity index is 972. The van der Waals surface area contributed by atoms with Crippen LogP contribution in [0.4, 0.5) is 0 Å². The van der Waals surface area contributed by atoms with Crippen LogP contribution in [-0.2, 0) is 35.1 Å². The molecule has 0 heterocycles. The molecule has 0 saturated carbocycles. The van der Waals surface area contributed by atoms with Crippen molar-refractivity contribution in [2.24, 2.45) is 16.7 Å². The first-order chi connectivity index (χ1) is 17.4. The molecule has 0 aliphatic rings. The number of methoxy groups -OCH3 is 1. The number of carbonyl (C=O) groups is 4. The van der Waals surface area contributed by atoms with Crippen LogP contribution in [0.15, 0.2) is 18.2 Å². The van der Waals surface area contributed by atoms with Gasteiger partial charge in [0.15, 0.2) is 11.5 Å². The van der Waals surface area contributed by atoms with E-state index in [1.807, 2.05) is 41.5 Å². The quantitative estimate of drug-likeness (QED) is 0.302. The molecular weight excluding hydrogens is 490 g/mol. The molecule has 9 heteroatoms. The van der Waals surface area contributed by atoms with E-state index in [-0.39, 0.29) is 60.0 Å².